The maximum atomic E-state index is 12.8. The van der Waals surface area contributed by atoms with E-state index in [1.54, 1.807) is 10.7 Å². The van der Waals surface area contributed by atoms with Crippen molar-refractivity contribution in [1.82, 2.24) is 9.78 Å². The molecular formula is C11H11ClFN3. The van der Waals surface area contributed by atoms with E-state index >= 15 is 0 Å². The van der Waals surface area contributed by atoms with Crippen LogP contribution in [0.3, 0.4) is 0 Å². The summed E-state index contributed by atoms with van der Waals surface area (Å²) in [5.74, 6) is 0.156. The largest absolute Gasteiger partial charge is 0.382 e. The number of hydrogen-bond donors (Lipinski definition) is 1. The number of aryl methyl sites for hydroxylation is 1. The topological polar surface area (TPSA) is 43.8 Å². The van der Waals surface area contributed by atoms with Gasteiger partial charge in [0.15, 0.2) is 0 Å². The molecule has 3 nitrogen and oxygen atoms in total. The lowest BCUT2D eigenvalue weighted by Gasteiger charge is -2.04. The molecule has 1 aromatic carbocycles. The highest BCUT2D eigenvalue weighted by molar-refractivity contribution is 6.31. The van der Waals surface area contributed by atoms with E-state index in [-0.39, 0.29) is 5.82 Å². The van der Waals surface area contributed by atoms with Gasteiger partial charge in [-0.25, -0.2) is 4.39 Å². The molecule has 0 aliphatic rings. The van der Waals surface area contributed by atoms with Crippen LogP contribution in [0, 0.1) is 12.7 Å². The summed E-state index contributed by atoms with van der Waals surface area (Å²) in [5, 5.41) is 4.51. The summed E-state index contributed by atoms with van der Waals surface area (Å²) < 4.78 is 14.5. The number of anilines is 1. The zero-order chi connectivity index (χ0) is 11.7. The van der Waals surface area contributed by atoms with Crippen molar-refractivity contribution in [2.75, 3.05) is 5.73 Å². The first-order valence-corrected chi connectivity index (χ1v) is 5.17. The fraction of sp³-hybridized carbons (Fsp3) is 0.182. The highest BCUT2D eigenvalue weighted by Crippen LogP contribution is 2.18. The van der Waals surface area contributed by atoms with E-state index in [4.69, 9.17) is 17.3 Å². The van der Waals surface area contributed by atoms with E-state index in [0.29, 0.717) is 17.4 Å². The van der Waals surface area contributed by atoms with E-state index in [1.165, 1.54) is 12.1 Å². The molecule has 0 aliphatic carbocycles. The Morgan fingerprint density at radius 2 is 2.25 bits per heavy atom. The number of rotatable bonds is 2. The van der Waals surface area contributed by atoms with Gasteiger partial charge in [0.05, 0.1) is 6.54 Å². The molecule has 0 fully saturated rings. The summed E-state index contributed by atoms with van der Waals surface area (Å²) in [7, 11) is 0. The molecule has 2 aromatic rings. The first-order valence-electron chi connectivity index (χ1n) is 4.79. The van der Waals surface area contributed by atoms with Gasteiger partial charge in [-0.2, -0.15) is 5.10 Å². The average molecular weight is 240 g/mol. The van der Waals surface area contributed by atoms with E-state index in [0.717, 1.165) is 11.1 Å². The van der Waals surface area contributed by atoms with Crippen molar-refractivity contribution in [1.29, 1.82) is 0 Å². The quantitative estimate of drug-likeness (QED) is 0.876. The third-order valence-electron chi connectivity index (χ3n) is 2.33. The monoisotopic (exact) mass is 239 g/mol. The predicted octanol–water partition coefficient (Wildman–Crippen LogP) is 2.61. The normalized spacial score (nSPS) is 10.7. The molecule has 5 heteroatoms. The van der Waals surface area contributed by atoms with Crippen LogP contribution in [0.15, 0.2) is 24.4 Å². The van der Waals surface area contributed by atoms with Crippen LogP contribution in [-0.4, -0.2) is 9.78 Å². The first kappa shape index (κ1) is 11.0. The summed E-state index contributed by atoms with van der Waals surface area (Å²) in [6.45, 7) is 2.36. The van der Waals surface area contributed by atoms with Gasteiger partial charge in [0.25, 0.3) is 0 Å². The van der Waals surface area contributed by atoms with Crippen LogP contribution < -0.4 is 5.73 Å². The third-order valence-corrected chi connectivity index (χ3v) is 2.68. The van der Waals surface area contributed by atoms with Crippen LogP contribution >= 0.6 is 11.6 Å². The molecule has 0 aliphatic heterocycles. The molecule has 16 heavy (non-hydrogen) atoms. The van der Waals surface area contributed by atoms with Crippen LogP contribution in [0.2, 0.25) is 5.02 Å². The van der Waals surface area contributed by atoms with Gasteiger partial charge < -0.3 is 5.73 Å². The van der Waals surface area contributed by atoms with Crippen molar-refractivity contribution < 1.29 is 4.39 Å². The number of halogens is 2. The number of nitrogens with zero attached hydrogens (tertiary/aromatic N) is 2. The summed E-state index contributed by atoms with van der Waals surface area (Å²) in [5.41, 5.74) is 7.36. The van der Waals surface area contributed by atoms with Crippen molar-refractivity contribution >= 4 is 17.4 Å². The van der Waals surface area contributed by atoms with Gasteiger partial charge >= 0.3 is 0 Å². The van der Waals surface area contributed by atoms with Crippen LogP contribution in [0.4, 0.5) is 10.2 Å². The highest BCUT2D eigenvalue weighted by Gasteiger charge is 2.05. The van der Waals surface area contributed by atoms with Crippen molar-refractivity contribution in [3.05, 3.63) is 46.4 Å². The molecular weight excluding hydrogens is 229 g/mol. The highest BCUT2D eigenvalue weighted by atomic mass is 35.5. The SMILES string of the molecule is Cc1cn(Cc2ccc(F)cc2Cl)nc1N. The minimum absolute atomic E-state index is 0.343. The van der Waals surface area contributed by atoms with Gasteiger partial charge in [-0.15, -0.1) is 0 Å². The number of aromatic nitrogens is 2. The van der Waals surface area contributed by atoms with Crippen LogP contribution in [0.5, 0.6) is 0 Å². The molecule has 0 spiro atoms. The Morgan fingerprint density at radius 1 is 1.50 bits per heavy atom. The van der Waals surface area contributed by atoms with Crippen molar-refractivity contribution in [2.45, 2.75) is 13.5 Å². The van der Waals surface area contributed by atoms with Gasteiger partial charge in [-0.1, -0.05) is 17.7 Å². The molecule has 0 atom stereocenters. The Balaban J connectivity index is 2.27. The second-order valence-corrected chi connectivity index (χ2v) is 4.04. The van der Waals surface area contributed by atoms with Crippen LogP contribution in [-0.2, 0) is 6.54 Å². The number of nitrogen functional groups attached to an aromatic ring is 1. The fourth-order valence-corrected chi connectivity index (χ4v) is 1.67. The third kappa shape index (κ3) is 2.17. The maximum absolute atomic E-state index is 12.8. The Kier molecular flexibility index (Phi) is 2.83. The summed E-state index contributed by atoms with van der Waals surface area (Å²) in [6, 6.07) is 4.31. The molecule has 0 amide bonds. The number of benzene rings is 1. The summed E-state index contributed by atoms with van der Waals surface area (Å²) >= 11 is 5.91. The molecule has 1 aromatic heterocycles. The lowest BCUT2D eigenvalue weighted by Crippen LogP contribution is -2.01. The van der Waals surface area contributed by atoms with E-state index < -0.39 is 0 Å². The zero-order valence-electron chi connectivity index (χ0n) is 8.74. The Bertz CT molecular complexity index is 502. The lowest BCUT2D eigenvalue weighted by molar-refractivity contribution is 0.624. The molecule has 0 saturated heterocycles. The Hall–Kier alpha value is -1.55. The molecule has 2 rings (SSSR count). The zero-order valence-corrected chi connectivity index (χ0v) is 9.50. The number of hydrogen-bond acceptors (Lipinski definition) is 2. The summed E-state index contributed by atoms with van der Waals surface area (Å²) in [6.07, 6.45) is 1.83. The minimum Gasteiger partial charge on any atom is -0.382 e. The van der Waals surface area contributed by atoms with Gasteiger partial charge in [0.2, 0.25) is 0 Å². The number of nitrogens with two attached hydrogens (primary N) is 1. The molecule has 84 valence electrons. The second-order valence-electron chi connectivity index (χ2n) is 3.63. The maximum Gasteiger partial charge on any atom is 0.148 e. The molecule has 0 bridgehead atoms. The van der Waals surface area contributed by atoms with E-state index in [9.17, 15) is 4.39 Å². The Labute approximate surface area is 97.6 Å². The minimum atomic E-state index is -0.343. The van der Waals surface area contributed by atoms with E-state index in [1.807, 2.05) is 13.1 Å². The van der Waals surface area contributed by atoms with Crippen LogP contribution in [0.25, 0.3) is 0 Å². The van der Waals surface area contributed by atoms with Crippen molar-refractivity contribution in [2.24, 2.45) is 0 Å². The van der Waals surface area contributed by atoms with Gasteiger partial charge in [0, 0.05) is 16.8 Å². The standard InChI is InChI=1S/C11H11ClFN3/c1-7-5-16(15-11(7)14)6-8-2-3-9(13)4-10(8)12/h2-5H,6H2,1H3,(H2,14,15). The van der Waals surface area contributed by atoms with Crippen molar-refractivity contribution in [3.63, 3.8) is 0 Å². The second kappa shape index (κ2) is 4.14. The van der Waals surface area contributed by atoms with Gasteiger partial charge in [0.1, 0.15) is 11.6 Å². The van der Waals surface area contributed by atoms with E-state index in [2.05, 4.69) is 5.10 Å². The lowest BCUT2D eigenvalue weighted by atomic mass is 10.2. The molecule has 2 N–H and O–H groups in total. The van der Waals surface area contributed by atoms with Gasteiger partial charge in [-0.3, -0.25) is 4.68 Å². The summed E-state index contributed by atoms with van der Waals surface area (Å²) in [4.78, 5) is 0. The first-order chi connectivity index (χ1) is 7.56. The molecule has 0 unspecified atom stereocenters. The fourth-order valence-electron chi connectivity index (χ4n) is 1.44. The molecule has 0 saturated carbocycles. The molecule has 0 radical (unpaired) electrons. The van der Waals surface area contributed by atoms with Crippen molar-refractivity contribution in [3.8, 4) is 0 Å². The van der Waals surface area contributed by atoms with Gasteiger partial charge in [-0.05, 0) is 24.6 Å². The average Bonchev–Trinajstić information content (AvgIpc) is 2.51. The smallest absolute Gasteiger partial charge is 0.148 e. The van der Waals surface area contributed by atoms with Crippen LogP contribution in [0.1, 0.15) is 11.1 Å². The Morgan fingerprint density at radius 3 is 2.81 bits per heavy atom. The predicted molar refractivity (Wildman–Crippen MR) is 61.9 cm³/mol. The molecule has 1 heterocycles.